The first-order chi connectivity index (χ1) is 20.8. The minimum Gasteiger partial charge on any atom is -0.486 e. The molecule has 0 bridgehead atoms. The molecule has 230 valence electrons. The molecule has 2 heterocycles. The van der Waals surface area contributed by atoms with Crippen LogP contribution in [-0.2, 0) is 12.6 Å². The maximum Gasteiger partial charge on any atom is 0.586 e. The van der Waals surface area contributed by atoms with E-state index in [0.717, 1.165) is 16.8 Å². The number of aromatic nitrogens is 2. The van der Waals surface area contributed by atoms with Gasteiger partial charge in [-0.3, -0.25) is 0 Å². The van der Waals surface area contributed by atoms with Crippen molar-refractivity contribution in [3.63, 3.8) is 0 Å². The number of carboxylic acid groups (broad SMARTS) is 1. The molecule has 0 saturated heterocycles. The number of rotatable bonds is 7. The summed E-state index contributed by atoms with van der Waals surface area (Å²) in [6, 6.07) is 13.2. The molecule has 3 aromatic carbocycles. The van der Waals surface area contributed by atoms with E-state index in [4.69, 9.17) is 14.6 Å². The van der Waals surface area contributed by atoms with E-state index >= 15 is 0 Å². The van der Waals surface area contributed by atoms with Gasteiger partial charge >= 0.3 is 18.4 Å². The quantitative estimate of drug-likeness (QED) is 0.212. The summed E-state index contributed by atoms with van der Waals surface area (Å²) in [6.45, 7) is 1.46. The lowest BCUT2D eigenvalue weighted by Crippen LogP contribution is -2.25. The fraction of sp³-hybridized carbons (Fsp3) is 0.267. The second-order valence-corrected chi connectivity index (χ2v) is 10.2. The number of hydrogen-bond acceptors (Lipinski definition) is 6. The van der Waals surface area contributed by atoms with Gasteiger partial charge in [-0.05, 0) is 68.7 Å². The Kier molecular flexibility index (Phi) is 7.09. The van der Waals surface area contributed by atoms with E-state index in [-0.39, 0.29) is 51.7 Å². The lowest BCUT2D eigenvalue weighted by atomic mass is 9.93. The van der Waals surface area contributed by atoms with Gasteiger partial charge in [0.25, 0.3) is 0 Å². The number of benzene rings is 3. The van der Waals surface area contributed by atoms with Gasteiger partial charge in [0, 0.05) is 23.3 Å². The molecule has 0 amide bonds. The van der Waals surface area contributed by atoms with Crippen LogP contribution in [0.2, 0.25) is 0 Å². The number of ether oxygens (including phenoxy) is 4. The van der Waals surface area contributed by atoms with Gasteiger partial charge in [-0.25, -0.2) is 13.9 Å². The molecule has 8 nitrogen and oxygen atoms in total. The summed E-state index contributed by atoms with van der Waals surface area (Å²) in [4.78, 5) is 11.2. The fourth-order valence-electron chi connectivity index (χ4n) is 5.28. The average molecular weight is 621 g/mol. The van der Waals surface area contributed by atoms with Gasteiger partial charge in [-0.1, -0.05) is 6.07 Å². The molecule has 0 saturated carbocycles. The first-order valence-corrected chi connectivity index (χ1v) is 13.3. The smallest absolute Gasteiger partial charge is 0.486 e. The highest BCUT2D eigenvalue weighted by atomic mass is 19.4. The summed E-state index contributed by atoms with van der Waals surface area (Å²) in [5, 5.41) is 13.1. The summed E-state index contributed by atoms with van der Waals surface area (Å²) in [7, 11) is 0. The zero-order chi connectivity index (χ0) is 31.4. The Morgan fingerprint density at radius 1 is 1.07 bits per heavy atom. The Hall–Kier alpha value is -4.88. The number of nitrogens with zero attached hydrogens (tertiary/aromatic N) is 2. The van der Waals surface area contributed by atoms with Gasteiger partial charge in [-0.2, -0.15) is 18.3 Å². The molecule has 1 unspecified atom stereocenters. The van der Waals surface area contributed by atoms with Crippen molar-refractivity contribution in [2.24, 2.45) is 0 Å². The standard InChI is InChI=1S/C30H22F6N2O6/c1-15(21-13-24-25(14-22(21)31)44-30(35,36)43-24)41-19-5-2-4-17(12-19)38-26-20(27(37-38)29(32,33)34)6-3-7-23(26)42-18-10-8-16(9-11-18)28(39)40/h2,4-5,8-15,23H,3,6-7H2,1H3,(H,39,40)/t15-,23?/m0/s1. The normalized spacial score (nSPS) is 17.6. The Morgan fingerprint density at radius 2 is 1.77 bits per heavy atom. The van der Waals surface area contributed by atoms with Crippen LogP contribution in [0.25, 0.3) is 5.69 Å². The largest absolute Gasteiger partial charge is 0.586 e. The molecule has 4 aromatic rings. The van der Waals surface area contributed by atoms with Gasteiger partial charge in [-0.15, -0.1) is 8.78 Å². The van der Waals surface area contributed by atoms with Crippen LogP contribution in [0.5, 0.6) is 23.0 Å². The van der Waals surface area contributed by atoms with Crippen LogP contribution in [0.4, 0.5) is 26.3 Å². The highest BCUT2D eigenvalue weighted by Gasteiger charge is 2.44. The summed E-state index contributed by atoms with van der Waals surface area (Å²) >= 11 is 0. The molecule has 1 aromatic heterocycles. The lowest BCUT2D eigenvalue weighted by molar-refractivity contribution is -0.286. The molecule has 0 fully saturated rings. The predicted molar refractivity (Wildman–Crippen MR) is 140 cm³/mol. The van der Waals surface area contributed by atoms with Crippen molar-refractivity contribution in [2.75, 3.05) is 0 Å². The topological polar surface area (TPSA) is 92.0 Å². The number of carboxylic acids is 1. The monoisotopic (exact) mass is 620 g/mol. The van der Waals surface area contributed by atoms with Crippen LogP contribution in [0.3, 0.4) is 0 Å². The molecular weight excluding hydrogens is 598 g/mol. The Labute approximate surface area is 245 Å². The van der Waals surface area contributed by atoms with Gasteiger partial charge in [0.15, 0.2) is 17.2 Å². The minimum atomic E-state index is -4.75. The number of hydrogen-bond donors (Lipinski definition) is 1. The third-order valence-electron chi connectivity index (χ3n) is 7.20. The lowest BCUT2D eigenvalue weighted by Gasteiger charge is -2.26. The Bertz CT molecular complexity index is 1740. The third-order valence-corrected chi connectivity index (χ3v) is 7.20. The van der Waals surface area contributed by atoms with E-state index in [1.54, 1.807) is 0 Å². The van der Waals surface area contributed by atoms with Crippen LogP contribution < -0.4 is 18.9 Å². The van der Waals surface area contributed by atoms with Crippen LogP contribution in [0.1, 0.15) is 64.8 Å². The summed E-state index contributed by atoms with van der Waals surface area (Å²) < 4.78 is 106. The van der Waals surface area contributed by atoms with Crippen molar-refractivity contribution >= 4 is 5.97 Å². The number of alkyl halides is 5. The van der Waals surface area contributed by atoms with Crippen LogP contribution >= 0.6 is 0 Å². The highest BCUT2D eigenvalue weighted by molar-refractivity contribution is 5.87. The third kappa shape index (κ3) is 5.58. The van der Waals surface area contributed by atoms with E-state index in [0.29, 0.717) is 12.8 Å². The average Bonchev–Trinajstić information content (AvgIpc) is 3.50. The van der Waals surface area contributed by atoms with E-state index < -0.39 is 47.9 Å². The van der Waals surface area contributed by atoms with E-state index in [9.17, 15) is 31.1 Å². The SMILES string of the molecule is C[C@H](Oc1cccc(-n2nc(C(F)(F)F)c3c2C(Oc2ccc(C(=O)O)cc2)CCC3)c1)c1cc2c(cc1F)OC(F)(F)O2. The molecule has 2 aliphatic rings. The Morgan fingerprint density at radius 3 is 2.45 bits per heavy atom. The van der Waals surface area contributed by atoms with Crippen molar-refractivity contribution in [1.29, 1.82) is 0 Å². The summed E-state index contributed by atoms with van der Waals surface area (Å²) in [5.74, 6) is -2.47. The van der Waals surface area contributed by atoms with Crippen LogP contribution in [-0.4, -0.2) is 27.2 Å². The molecule has 0 radical (unpaired) electrons. The van der Waals surface area contributed by atoms with Crippen molar-refractivity contribution < 1.29 is 55.2 Å². The number of halogens is 6. The molecule has 1 N–H and O–H groups in total. The minimum absolute atomic E-state index is 0.0187. The maximum atomic E-state index is 14.8. The molecular formula is C30H22F6N2O6. The molecule has 6 rings (SSSR count). The zero-order valence-electron chi connectivity index (χ0n) is 22.7. The van der Waals surface area contributed by atoms with Gasteiger partial charge in [0.1, 0.15) is 29.5 Å². The molecule has 14 heteroatoms. The second-order valence-electron chi connectivity index (χ2n) is 10.2. The van der Waals surface area contributed by atoms with E-state index in [1.807, 2.05) is 0 Å². The first-order valence-electron chi connectivity index (χ1n) is 13.3. The van der Waals surface area contributed by atoms with E-state index in [2.05, 4.69) is 14.6 Å². The first kappa shape index (κ1) is 29.2. The number of carbonyl (C=O) groups is 1. The Balaban J connectivity index is 1.32. The fourth-order valence-corrected chi connectivity index (χ4v) is 5.28. The van der Waals surface area contributed by atoms with Gasteiger partial charge in [0.05, 0.1) is 16.9 Å². The molecule has 1 aliphatic heterocycles. The van der Waals surface area contributed by atoms with Crippen LogP contribution in [0.15, 0.2) is 60.7 Å². The highest BCUT2D eigenvalue weighted by Crippen LogP contribution is 2.44. The zero-order valence-corrected chi connectivity index (χ0v) is 22.7. The predicted octanol–water partition coefficient (Wildman–Crippen LogP) is 7.65. The van der Waals surface area contributed by atoms with Crippen LogP contribution in [0, 0.1) is 5.82 Å². The summed E-state index contributed by atoms with van der Waals surface area (Å²) in [6.07, 6.45) is -9.69. The molecule has 1 aliphatic carbocycles. The van der Waals surface area contributed by atoms with Crippen molar-refractivity contribution in [3.8, 4) is 28.7 Å². The number of aromatic carboxylic acids is 1. The second kappa shape index (κ2) is 10.7. The molecule has 2 atom stereocenters. The van der Waals surface area contributed by atoms with Gasteiger partial charge in [0.2, 0.25) is 0 Å². The van der Waals surface area contributed by atoms with Crippen molar-refractivity contribution in [3.05, 3.63) is 94.6 Å². The van der Waals surface area contributed by atoms with Crippen molar-refractivity contribution in [1.82, 2.24) is 9.78 Å². The molecule has 44 heavy (non-hydrogen) atoms. The van der Waals surface area contributed by atoms with Gasteiger partial charge < -0.3 is 24.1 Å². The van der Waals surface area contributed by atoms with Crippen molar-refractivity contribution in [2.45, 2.75) is 50.9 Å². The summed E-state index contributed by atoms with van der Waals surface area (Å²) in [5.41, 5.74) is -0.789. The number of fused-ring (bicyclic) bond motifs is 2. The van der Waals surface area contributed by atoms with E-state index in [1.165, 1.54) is 55.5 Å². The molecule has 0 spiro atoms. The maximum absolute atomic E-state index is 14.8.